The molecule has 0 N–H and O–H groups in total. The van der Waals surface area contributed by atoms with Crippen LogP contribution in [0.2, 0.25) is 0 Å². The summed E-state index contributed by atoms with van der Waals surface area (Å²) in [5.74, 6) is -0.0778. The van der Waals surface area contributed by atoms with Gasteiger partial charge in [-0.25, -0.2) is 0 Å². The Morgan fingerprint density at radius 2 is 0.625 bits per heavy atom. The number of hydrogen-bond acceptors (Lipinski definition) is 3. The van der Waals surface area contributed by atoms with Crippen LogP contribution in [0.4, 0.5) is 0 Å². The number of carbonyl (C=O) groups excluding carboxylic acids is 2. The highest BCUT2D eigenvalue weighted by Crippen LogP contribution is 2.16. The normalized spacial score (nSPS) is 11.3. The van der Waals surface area contributed by atoms with E-state index in [1.54, 1.807) is 0 Å². The van der Waals surface area contributed by atoms with Crippen molar-refractivity contribution in [3.05, 3.63) is 0 Å². The van der Waals surface area contributed by atoms with E-state index < -0.39 is 0 Å². The highest BCUT2D eigenvalue weighted by atomic mass is 16.5. The maximum Gasteiger partial charge on any atom is 0.306 e. The molecule has 0 radical (unpaired) electrons. The molecule has 4 nitrogen and oxygen atoms in total. The summed E-state index contributed by atoms with van der Waals surface area (Å²) in [4.78, 5) is 27.2. The molecule has 0 aliphatic heterocycles. The smallest absolute Gasteiger partial charge is 0.306 e. The molecule has 0 saturated heterocycles. The third kappa shape index (κ3) is 36.2. The molecule has 0 unspecified atom stereocenters. The van der Waals surface area contributed by atoms with Crippen molar-refractivity contribution in [1.29, 1.82) is 0 Å². The van der Waals surface area contributed by atoms with Crippen LogP contribution in [0.1, 0.15) is 252 Å². The van der Waals surface area contributed by atoms with E-state index in [-0.39, 0.29) is 18.3 Å². The number of unbranched alkanes of at least 4 members (excludes halogenated alkanes) is 31. The first kappa shape index (κ1) is 46.9. The van der Waals surface area contributed by atoms with Crippen molar-refractivity contribution in [3.8, 4) is 0 Å². The number of esters is 1. The molecule has 0 bridgehead atoms. The van der Waals surface area contributed by atoms with Gasteiger partial charge in [-0.15, -0.1) is 0 Å². The minimum atomic E-state index is -0.221. The predicted octanol–water partition coefficient (Wildman–Crippen LogP) is 14.5. The Morgan fingerprint density at radius 3 is 0.917 bits per heavy atom. The zero-order valence-electron chi connectivity index (χ0n) is 33.2. The second kappa shape index (κ2) is 40.4. The van der Waals surface area contributed by atoms with E-state index in [1.165, 1.54) is 193 Å². The number of rotatable bonds is 40. The van der Waals surface area contributed by atoms with Gasteiger partial charge in [0.1, 0.15) is 0 Å². The Morgan fingerprint density at radius 1 is 0.354 bits per heavy atom. The van der Waals surface area contributed by atoms with Gasteiger partial charge in [0.05, 0.1) is 13.0 Å². The third-order valence-electron chi connectivity index (χ3n) is 10.2. The molecule has 0 spiro atoms. The van der Waals surface area contributed by atoms with Crippen molar-refractivity contribution in [2.24, 2.45) is 0 Å². The van der Waals surface area contributed by atoms with E-state index in [0.717, 1.165) is 38.8 Å². The lowest BCUT2D eigenvalue weighted by Gasteiger charge is -2.23. The van der Waals surface area contributed by atoms with Crippen LogP contribution in [-0.2, 0) is 14.3 Å². The Balaban J connectivity index is 4.01. The van der Waals surface area contributed by atoms with Gasteiger partial charge in [-0.2, -0.15) is 0 Å². The maximum atomic E-state index is 13.1. The minimum absolute atomic E-state index is 0.143. The third-order valence-corrected chi connectivity index (χ3v) is 10.2. The summed E-state index contributed by atoms with van der Waals surface area (Å²) in [5.41, 5.74) is 0. The molecule has 0 aromatic heterocycles. The van der Waals surface area contributed by atoms with Crippen molar-refractivity contribution >= 4 is 11.9 Å². The molecule has 0 rings (SSSR count). The Labute approximate surface area is 302 Å². The van der Waals surface area contributed by atoms with E-state index in [9.17, 15) is 9.59 Å². The van der Waals surface area contributed by atoms with Crippen LogP contribution in [0.25, 0.3) is 0 Å². The minimum Gasteiger partial charge on any atom is -0.466 e. The van der Waals surface area contributed by atoms with Crippen LogP contribution in [0.3, 0.4) is 0 Å². The van der Waals surface area contributed by atoms with Crippen molar-refractivity contribution in [2.45, 2.75) is 252 Å². The summed E-state index contributed by atoms with van der Waals surface area (Å²) < 4.78 is 5.29. The van der Waals surface area contributed by atoms with E-state index >= 15 is 0 Å². The van der Waals surface area contributed by atoms with Gasteiger partial charge in [0, 0.05) is 19.5 Å². The largest absolute Gasteiger partial charge is 0.466 e. The Bertz CT molecular complexity index is 615. The SMILES string of the molecule is CCCCCCCCCCCCCCCCCCN(CCCCCCCCCCCCCCCCCC)C(=O)CCC(=O)OCCCC. The first-order valence-corrected chi connectivity index (χ1v) is 22.1. The lowest BCUT2D eigenvalue weighted by Crippen LogP contribution is -2.33. The molecule has 0 aromatic rings. The van der Waals surface area contributed by atoms with Crippen LogP contribution in [0, 0.1) is 0 Å². The number of nitrogens with zero attached hydrogens (tertiary/aromatic N) is 1. The lowest BCUT2D eigenvalue weighted by atomic mass is 10.0. The number of ether oxygens (including phenoxy) is 1. The van der Waals surface area contributed by atoms with Crippen molar-refractivity contribution in [3.63, 3.8) is 0 Å². The van der Waals surface area contributed by atoms with E-state index in [4.69, 9.17) is 4.74 Å². The number of amides is 1. The van der Waals surface area contributed by atoms with Gasteiger partial charge < -0.3 is 9.64 Å². The summed E-state index contributed by atoms with van der Waals surface area (Å²) in [6.07, 6.45) is 46.0. The van der Waals surface area contributed by atoms with Crippen LogP contribution in [-0.4, -0.2) is 36.5 Å². The van der Waals surface area contributed by atoms with Crippen LogP contribution in [0.5, 0.6) is 0 Å². The van der Waals surface area contributed by atoms with E-state index in [0.29, 0.717) is 13.0 Å². The number of carbonyl (C=O) groups is 2. The molecule has 286 valence electrons. The zero-order valence-corrected chi connectivity index (χ0v) is 33.2. The number of hydrogen-bond donors (Lipinski definition) is 0. The van der Waals surface area contributed by atoms with Gasteiger partial charge in [0.15, 0.2) is 0 Å². The van der Waals surface area contributed by atoms with Crippen molar-refractivity contribution in [1.82, 2.24) is 4.90 Å². The molecule has 0 aliphatic rings. The van der Waals surface area contributed by atoms with Gasteiger partial charge in [-0.05, 0) is 19.3 Å². The predicted molar refractivity (Wildman–Crippen MR) is 211 cm³/mol. The second-order valence-corrected chi connectivity index (χ2v) is 15.1. The molecule has 0 aromatic carbocycles. The maximum absolute atomic E-state index is 13.1. The van der Waals surface area contributed by atoms with Gasteiger partial charge in [0.25, 0.3) is 0 Å². The molecule has 0 fully saturated rings. The fourth-order valence-electron chi connectivity index (χ4n) is 6.83. The van der Waals surface area contributed by atoms with Gasteiger partial charge in [-0.1, -0.05) is 220 Å². The van der Waals surface area contributed by atoms with Crippen LogP contribution in [0.15, 0.2) is 0 Å². The summed E-state index contributed by atoms with van der Waals surface area (Å²) in [6, 6.07) is 0. The first-order chi connectivity index (χ1) is 23.7. The van der Waals surface area contributed by atoms with E-state index in [1.807, 2.05) is 0 Å². The fraction of sp³-hybridized carbons (Fsp3) is 0.955. The monoisotopic (exact) mass is 678 g/mol. The molecular weight excluding hydrogens is 590 g/mol. The Hall–Kier alpha value is -1.06. The van der Waals surface area contributed by atoms with Gasteiger partial charge in [-0.3, -0.25) is 9.59 Å². The summed E-state index contributed by atoms with van der Waals surface area (Å²) in [7, 11) is 0. The highest BCUT2D eigenvalue weighted by molar-refractivity contribution is 5.81. The van der Waals surface area contributed by atoms with Crippen molar-refractivity contribution < 1.29 is 14.3 Å². The quantitative estimate of drug-likeness (QED) is 0.0479. The van der Waals surface area contributed by atoms with E-state index in [2.05, 4.69) is 25.7 Å². The van der Waals surface area contributed by atoms with Crippen molar-refractivity contribution in [2.75, 3.05) is 19.7 Å². The molecule has 48 heavy (non-hydrogen) atoms. The summed E-state index contributed by atoms with van der Waals surface area (Å²) in [5, 5.41) is 0. The highest BCUT2D eigenvalue weighted by Gasteiger charge is 2.15. The second-order valence-electron chi connectivity index (χ2n) is 15.1. The molecule has 4 heteroatoms. The molecule has 0 aliphatic carbocycles. The standard InChI is InChI=1S/C44H87NO3/c1-4-7-10-12-14-16-18-20-22-24-26-28-30-32-34-36-40-45(43(46)38-39-44(47)48-42-9-6-3)41-37-35-33-31-29-27-25-23-21-19-17-15-13-11-8-5-2/h4-42H2,1-3H3. The fourth-order valence-corrected chi connectivity index (χ4v) is 6.83. The first-order valence-electron chi connectivity index (χ1n) is 22.1. The average molecular weight is 678 g/mol. The Kier molecular flexibility index (Phi) is 39.5. The lowest BCUT2D eigenvalue weighted by molar-refractivity contribution is -0.146. The topological polar surface area (TPSA) is 46.6 Å². The van der Waals surface area contributed by atoms with Gasteiger partial charge in [0.2, 0.25) is 5.91 Å². The molecule has 0 saturated carbocycles. The van der Waals surface area contributed by atoms with Crippen LogP contribution >= 0.6 is 0 Å². The van der Waals surface area contributed by atoms with Gasteiger partial charge >= 0.3 is 5.97 Å². The summed E-state index contributed by atoms with van der Waals surface area (Å²) in [6.45, 7) is 8.85. The average Bonchev–Trinajstić information content (AvgIpc) is 3.09. The summed E-state index contributed by atoms with van der Waals surface area (Å²) >= 11 is 0. The van der Waals surface area contributed by atoms with Crippen LogP contribution < -0.4 is 0 Å². The molecule has 0 atom stereocenters. The zero-order chi connectivity index (χ0) is 35.0. The molecular formula is C44H87NO3. The molecule has 0 heterocycles. The molecule has 1 amide bonds.